The number of aromatic nitrogens is 1. The second-order valence-electron chi connectivity index (χ2n) is 4.64. The molecule has 0 spiro atoms. The third-order valence-corrected chi connectivity index (χ3v) is 3.53. The second-order valence-corrected chi connectivity index (χ2v) is 4.64. The van der Waals surface area contributed by atoms with Gasteiger partial charge in [-0.25, -0.2) is 0 Å². The molecule has 1 aromatic heterocycles. The molecule has 16 heavy (non-hydrogen) atoms. The van der Waals surface area contributed by atoms with Crippen LogP contribution in [0.2, 0.25) is 0 Å². The van der Waals surface area contributed by atoms with Crippen molar-refractivity contribution in [2.24, 2.45) is 5.92 Å². The molecule has 2 unspecified atom stereocenters. The van der Waals surface area contributed by atoms with E-state index in [2.05, 4.69) is 30.2 Å². The first-order valence-corrected chi connectivity index (χ1v) is 5.91. The predicted octanol–water partition coefficient (Wildman–Crippen LogP) is 3.09. The van der Waals surface area contributed by atoms with Crippen LogP contribution in [0.3, 0.4) is 0 Å². The third kappa shape index (κ3) is 3.19. The van der Waals surface area contributed by atoms with E-state index in [0.717, 1.165) is 18.2 Å². The topological polar surface area (TPSA) is 24.9 Å². The molecule has 3 heteroatoms. The minimum absolute atomic E-state index is 0. The number of aryl methyl sites for hydroxylation is 1. The van der Waals surface area contributed by atoms with Crippen LogP contribution < -0.4 is 5.32 Å². The third-order valence-electron chi connectivity index (χ3n) is 3.53. The fourth-order valence-electron chi connectivity index (χ4n) is 2.39. The number of hydrogen-bond acceptors (Lipinski definition) is 2. The van der Waals surface area contributed by atoms with Crippen molar-refractivity contribution >= 4 is 12.4 Å². The Morgan fingerprint density at radius 1 is 1.44 bits per heavy atom. The van der Waals surface area contributed by atoms with Gasteiger partial charge in [0.25, 0.3) is 0 Å². The van der Waals surface area contributed by atoms with Crippen molar-refractivity contribution in [3.05, 3.63) is 29.6 Å². The molecule has 1 aliphatic carbocycles. The molecule has 2 atom stereocenters. The smallest absolute Gasteiger partial charge is 0.0417 e. The molecule has 90 valence electrons. The van der Waals surface area contributed by atoms with Crippen molar-refractivity contribution < 1.29 is 0 Å². The lowest BCUT2D eigenvalue weighted by molar-refractivity contribution is 0.425. The van der Waals surface area contributed by atoms with E-state index in [1.54, 1.807) is 0 Å². The average Bonchev–Trinajstić information content (AvgIpc) is 2.63. The van der Waals surface area contributed by atoms with Gasteiger partial charge >= 0.3 is 0 Å². The Balaban J connectivity index is 0.00000128. The van der Waals surface area contributed by atoms with E-state index < -0.39 is 0 Å². The molecule has 0 aliphatic heterocycles. The van der Waals surface area contributed by atoms with Crippen LogP contribution in [-0.4, -0.2) is 11.0 Å². The number of hydrogen-bond donors (Lipinski definition) is 1. The molecule has 1 heterocycles. The molecular weight excluding hydrogens is 220 g/mol. The van der Waals surface area contributed by atoms with E-state index in [4.69, 9.17) is 0 Å². The van der Waals surface area contributed by atoms with E-state index in [-0.39, 0.29) is 12.4 Å². The SMILES string of the molecule is Cc1ncccc1CNC1CCCC1C.Cl. The van der Waals surface area contributed by atoms with Crippen molar-refractivity contribution in [3.8, 4) is 0 Å². The Labute approximate surface area is 104 Å². The van der Waals surface area contributed by atoms with Gasteiger partial charge in [0, 0.05) is 24.5 Å². The number of nitrogens with one attached hydrogen (secondary N) is 1. The van der Waals surface area contributed by atoms with Crippen LogP contribution in [0.5, 0.6) is 0 Å². The van der Waals surface area contributed by atoms with E-state index in [9.17, 15) is 0 Å². The van der Waals surface area contributed by atoms with Crippen LogP contribution >= 0.6 is 12.4 Å². The van der Waals surface area contributed by atoms with Crippen molar-refractivity contribution in [2.45, 2.75) is 45.7 Å². The molecule has 2 nitrogen and oxygen atoms in total. The number of rotatable bonds is 3. The van der Waals surface area contributed by atoms with Gasteiger partial charge in [0.15, 0.2) is 0 Å². The van der Waals surface area contributed by atoms with Crippen LogP contribution in [0.15, 0.2) is 18.3 Å². The van der Waals surface area contributed by atoms with Crippen LogP contribution in [0, 0.1) is 12.8 Å². The minimum atomic E-state index is 0. The Kier molecular flexibility index (Phi) is 5.23. The molecule has 1 aliphatic rings. The van der Waals surface area contributed by atoms with E-state index >= 15 is 0 Å². The zero-order valence-electron chi connectivity index (χ0n) is 10.1. The molecular formula is C13H21ClN2. The zero-order valence-corrected chi connectivity index (χ0v) is 10.9. The van der Waals surface area contributed by atoms with Gasteiger partial charge in [-0.1, -0.05) is 19.4 Å². The summed E-state index contributed by atoms with van der Waals surface area (Å²) in [5, 5.41) is 3.65. The molecule has 1 fully saturated rings. The zero-order chi connectivity index (χ0) is 10.7. The van der Waals surface area contributed by atoms with Crippen LogP contribution in [-0.2, 0) is 6.54 Å². The van der Waals surface area contributed by atoms with E-state index in [1.807, 2.05) is 12.3 Å². The summed E-state index contributed by atoms with van der Waals surface area (Å²) in [4.78, 5) is 4.30. The van der Waals surface area contributed by atoms with Crippen LogP contribution in [0.4, 0.5) is 0 Å². The predicted molar refractivity (Wildman–Crippen MR) is 69.9 cm³/mol. The van der Waals surface area contributed by atoms with Crippen molar-refractivity contribution in [1.82, 2.24) is 10.3 Å². The first-order valence-electron chi connectivity index (χ1n) is 5.91. The lowest BCUT2D eigenvalue weighted by Gasteiger charge is -2.17. The summed E-state index contributed by atoms with van der Waals surface area (Å²) in [6.07, 6.45) is 5.95. The monoisotopic (exact) mass is 240 g/mol. The van der Waals surface area contributed by atoms with E-state index in [1.165, 1.54) is 24.8 Å². The molecule has 1 aromatic rings. The Hall–Kier alpha value is -0.600. The quantitative estimate of drug-likeness (QED) is 0.878. The summed E-state index contributed by atoms with van der Waals surface area (Å²) >= 11 is 0. The maximum absolute atomic E-state index is 4.30. The van der Waals surface area contributed by atoms with Crippen LogP contribution in [0.25, 0.3) is 0 Å². The fraction of sp³-hybridized carbons (Fsp3) is 0.615. The summed E-state index contributed by atoms with van der Waals surface area (Å²) in [6, 6.07) is 4.89. The Bertz CT molecular complexity index is 327. The van der Waals surface area contributed by atoms with Gasteiger partial charge in [-0.2, -0.15) is 0 Å². The molecule has 2 rings (SSSR count). The molecule has 0 aromatic carbocycles. The van der Waals surface area contributed by atoms with Crippen molar-refractivity contribution in [2.75, 3.05) is 0 Å². The van der Waals surface area contributed by atoms with Crippen LogP contribution in [0.1, 0.15) is 37.4 Å². The van der Waals surface area contributed by atoms with Gasteiger partial charge in [0.1, 0.15) is 0 Å². The molecule has 1 saturated carbocycles. The number of nitrogens with zero attached hydrogens (tertiary/aromatic N) is 1. The molecule has 0 radical (unpaired) electrons. The molecule has 0 bridgehead atoms. The highest BCUT2D eigenvalue weighted by molar-refractivity contribution is 5.85. The van der Waals surface area contributed by atoms with Crippen molar-refractivity contribution in [1.29, 1.82) is 0 Å². The number of halogens is 1. The van der Waals surface area contributed by atoms with Gasteiger partial charge in [-0.3, -0.25) is 4.98 Å². The highest BCUT2D eigenvalue weighted by Gasteiger charge is 2.22. The highest BCUT2D eigenvalue weighted by atomic mass is 35.5. The normalized spacial score (nSPS) is 24.1. The Morgan fingerprint density at radius 2 is 2.25 bits per heavy atom. The van der Waals surface area contributed by atoms with Gasteiger partial charge in [-0.15, -0.1) is 12.4 Å². The van der Waals surface area contributed by atoms with E-state index in [0.29, 0.717) is 6.04 Å². The average molecular weight is 241 g/mol. The molecule has 0 amide bonds. The maximum atomic E-state index is 4.30. The number of pyridine rings is 1. The fourth-order valence-corrected chi connectivity index (χ4v) is 2.39. The highest BCUT2D eigenvalue weighted by Crippen LogP contribution is 2.25. The lowest BCUT2D eigenvalue weighted by atomic mass is 10.1. The Morgan fingerprint density at radius 3 is 2.88 bits per heavy atom. The summed E-state index contributed by atoms with van der Waals surface area (Å²) in [6.45, 7) is 5.39. The second kappa shape index (κ2) is 6.21. The van der Waals surface area contributed by atoms with Gasteiger partial charge < -0.3 is 5.32 Å². The summed E-state index contributed by atoms with van der Waals surface area (Å²) < 4.78 is 0. The summed E-state index contributed by atoms with van der Waals surface area (Å²) in [7, 11) is 0. The van der Waals surface area contributed by atoms with Gasteiger partial charge in [0.05, 0.1) is 0 Å². The van der Waals surface area contributed by atoms with Gasteiger partial charge in [-0.05, 0) is 37.3 Å². The summed E-state index contributed by atoms with van der Waals surface area (Å²) in [5.41, 5.74) is 2.48. The van der Waals surface area contributed by atoms with Crippen molar-refractivity contribution in [3.63, 3.8) is 0 Å². The molecule has 0 saturated heterocycles. The minimum Gasteiger partial charge on any atom is -0.310 e. The van der Waals surface area contributed by atoms with Gasteiger partial charge in [0.2, 0.25) is 0 Å². The maximum Gasteiger partial charge on any atom is 0.0417 e. The lowest BCUT2D eigenvalue weighted by Crippen LogP contribution is -2.30. The molecule has 1 N–H and O–H groups in total. The largest absolute Gasteiger partial charge is 0.310 e. The standard InChI is InChI=1S/C13H20N2.ClH/c1-10-5-3-7-13(10)15-9-12-6-4-8-14-11(12)2;/h4,6,8,10,13,15H,3,5,7,9H2,1-2H3;1H. The summed E-state index contributed by atoms with van der Waals surface area (Å²) in [5.74, 6) is 0.835. The first kappa shape index (κ1) is 13.5. The first-order chi connectivity index (χ1) is 7.27.